The third-order valence-corrected chi connectivity index (χ3v) is 4.25. The van der Waals surface area contributed by atoms with Crippen molar-refractivity contribution in [2.75, 3.05) is 11.9 Å². The van der Waals surface area contributed by atoms with Crippen LogP contribution in [0.5, 0.6) is 5.75 Å². The number of nitrogens with one attached hydrogen (secondary N) is 2. The lowest BCUT2D eigenvalue weighted by Crippen LogP contribution is -2.12. The van der Waals surface area contributed by atoms with Crippen LogP contribution in [0.2, 0.25) is 0 Å². The Balaban J connectivity index is 1.68. The van der Waals surface area contributed by atoms with Crippen molar-refractivity contribution in [2.24, 2.45) is 0 Å². The van der Waals surface area contributed by atoms with E-state index in [9.17, 15) is 4.39 Å². The van der Waals surface area contributed by atoms with E-state index in [0.717, 1.165) is 16.9 Å². The zero-order chi connectivity index (χ0) is 15.3. The van der Waals surface area contributed by atoms with Gasteiger partial charge in [-0.25, -0.2) is 9.37 Å². The van der Waals surface area contributed by atoms with E-state index in [0.29, 0.717) is 23.6 Å². The van der Waals surface area contributed by atoms with Crippen molar-refractivity contribution >= 4 is 17.0 Å². The molecule has 0 fully saturated rings. The minimum Gasteiger partial charge on any atom is -0.490 e. The highest BCUT2D eigenvalue weighted by atomic mass is 19.1. The Hall–Kier alpha value is -2.56. The molecule has 0 aliphatic carbocycles. The molecule has 112 valence electrons. The summed E-state index contributed by atoms with van der Waals surface area (Å²) in [4.78, 5) is 7.39. The minimum absolute atomic E-state index is 0.0120. The number of H-pyrrole nitrogens is 1. The Kier molecular flexibility index (Phi) is 2.82. The number of anilines is 1. The van der Waals surface area contributed by atoms with Gasteiger partial charge in [0.05, 0.1) is 11.6 Å². The third kappa shape index (κ3) is 1.93. The first-order valence-corrected chi connectivity index (χ1v) is 7.27. The van der Waals surface area contributed by atoms with Crippen molar-refractivity contribution in [1.29, 1.82) is 0 Å². The van der Waals surface area contributed by atoms with Crippen LogP contribution in [0.4, 0.5) is 10.3 Å². The molecule has 1 aliphatic heterocycles. The Morgan fingerprint density at radius 2 is 2.14 bits per heavy atom. The predicted octanol–water partition coefficient (Wildman–Crippen LogP) is 3.86. The molecule has 0 saturated heterocycles. The Labute approximate surface area is 127 Å². The average molecular weight is 297 g/mol. The van der Waals surface area contributed by atoms with Crippen molar-refractivity contribution in [1.82, 2.24) is 9.97 Å². The molecule has 5 heteroatoms. The van der Waals surface area contributed by atoms with Gasteiger partial charge in [0.25, 0.3) is 0 Å². The van der Waals surface area contributed by atoms with Gasteiger partial charge >= 0.3 is 0 Å². The number of nitrogens with zero attached hydrogens (tertiary/aromatic N) is 1. The molecule has 0 saturated carbocycles. The van der Waals surface area contributed by atoms with Crippen LogP contribution in [-0.2, 0) is 0 Å². The molecule has 1 atom stereocenters. The van der Waals surface area contributed by atoms with Gasteiger partial charge in [-0.2, -0.15) is 0 Å². The molecule has 0 bridgehead atoms. The molecule has 1 aromatic heterocycles. The first-order valence-electron chi connectivity index (χ1n) is 7.27. The van der Waals surface area contributed by atoms with E-state index in [1.54, 1.807) is 6.07 Å². The molecule has 0 radical (unpaired) electrons. The lowest BCUT2D eigenvalue weighted by molar-refractivity contribution is 0.337. The van der Waals surface area contributed by atoms with Gasteiger partial charge in [0.1, 0.15) is 17.9 Å². The summed E-state index contributed by atoms with van der Waals surface area (Å²) in [5.74, 6) is 1.18. The highest BCUT2D eigenvalue weighted by molar-refractivity contribution is 5.78. The van der Waals surface area contributed by atoms with Crippen LogP contribution in [0.1, 0.15) is 22.7 Å². The fourth-order valence-electron chi connectivity index (χ4n) is 2.88. The van der Waals surface area contributed by atoms with Gasteiger partial charge in [-0.3, -0.25) is 0 Å². The Morgan fingerprint density at radius 3 is 2.95 bits per heavy atom. The average Bonchev–Trinajstić information content (AvgIpc) is 3.09. The van der Waals surface area contributed by atoms with Crippen LogP contribution >= 0.6 is 0 Å². The molecule has 2 N–H and O–H groups in total. The number of ether oxygens (including phenoxy) is 1. The van der Waals surface area contributed by atoms with Gasteiger partial charge in [0.15, 0.2) is 5.82 Å². The van der Waals surface area contributed by atoms with Crippen molar-refractivity contribution < 1.29 is 9.13 Å². The maximum absolute atomic E-state index is 13.7. The summed E-state index contributed by atoms with van der Waals surface area (Å²) in [7, 11) is 0. The first kappa shape index (κ1) is 13.1. The van der Waals surface area contributed by atoms with E-state index in [1.165, 1.54) is 11.6 Å². The van der Waals surface area contributed by atoms with Crippen molar-refractivity contribution in [3.63, 3.8) is 0 Å². The van der Waals surface area contributed by atoms with Crippen molar-refractivity contribution in [3.8, 4) is 5.75 Å². The summed E-state index contributed by atoms with van der Waals surface area (Å²) < 4.78 is 19.5. The van der Waals surface area contributed by atoms with E-state index >= 15 is 0 Å². The van der Waals surface area contributed by atoms with E-state index in [1.807, 2.05) is 6.07 Å². The van der Waals surface area contributed by atoms with Gasteiger partial charge in [0.2, 0.25) is 5.95 Å². The number of aromatic nitrogens is 2. The number of benzene rings is 2. The fraction of sp³-hybridized carbons (Fsp3) is 0.235. The van der Waals surface area contributed by atoms with Crippen molar-refractivity contribution in [2.45, 2.75) is 19.9 Å². The minimum atomic E-state index is -0.323. The van der Waals surface area contributed by atoms with Crippen LogP contribution in [0, 0.1) is 19.7 Å². The normalized spacial score (nSPS) is 16.6. The van der Waals surface area contributed by atoms with Gasteiger partial charge in [-0.15, -0.1) is 0 Å². The molecule has 0 amide bonds. The Morgan fingerprint density at radius 1 is 1.27 bits per heavy atom. The number of imidazole rings is 1. The third-order valence-electron chi connectivity index (χ3n) is 4.25. The summed E-state index contributed by atoms with van der Waals surface area (Å²) in [5, 5.41) is 3.30. The first-order chi connectivity index (χ1) is 10.6. The molecule has 0 spiro atoms. The second-order valence-corrected chi connectivity index (χ2v) is 5.66. The monoisotopic (exact) mass is 297 g/mol. The topological polar surface area (TPSA) is 49.9 Å². The summed E-state index contributed by atoms with van der Waals surface area (Å²) in [6, 6.07) is 9.06. The van der Waals surface area contributed by atoms with Crippen molar-refractivity contribution in [3.05, 3.63) is 52.8 Å². The number of rotatable bonds is 2. The van der Waals surface area contributed by atoms with E-state index in [4.69, 9.17) is 4.74 Å². The molecule has 3 aromatic rings. The largest absolute Gasteiger partial charge is 0.490 e. The number of fused-ring (bicyclic) bond motifs is 2. The maximum Gasteiger partial charge on any atom is 0.201 e. The summed E-state index contributed by atoms with van der Waals surface area (Å²) in [5.41, 5.74) is 4.53. The quantitative estimate of drug-likeness (QED) is 0.755. The number of aryl methyl sites for hydroxylation is 1. The zero-order valence-corrected chi connectivity index (χ0v) is 12.4. The number of para-hydroxylation sites is 1. The van der Waals surface area contributed by atoms with E-state index < -0.39 is 0 Å². The van der Waals surface area contributed by atoms with Crippen LogP contribution in [0.3, 0.4) is 0 Å². The predicted molar refractivity (Wildman–Crippen MR) is 83.8 cm³/mol. The van der Waals surface area contributed by atoms with E-state index in [-0.39, 0.29) is 11.9 Å². The van der Waals surface area contributed by atoms with Gasteiger partial charge < -0.3 is 15.0 Å². The highest BCUT2D eigenvalue weighted by Gasteiger charge is 2.26. The summed E-state index contributed by atoms with van der Waals surface area (Å²) in [6.07, 6.45) is 0. The number of hydrogen-bond acceptors (Lipinski definition) is 3. The van der Waals surface area contributed by atoms with Gasteiger partial charge in [-0.1, -0.05) is 18.2 Å². The number of hydrogen-bond donors (Lipinski definition) is 2. The standard InChI is InChI=1S/C17H16FN3O/c1-9-6-7-11-14(8-22-16(11)10(9)2)20-17-19-13-5-3-4-12(18)15(13)21-17/h3-7,14H,8H2,1-2H3,(H2,19,20,21). The molecule has 4 nitrogen and oxygen atoms in total. The Bertz CT molecular complexity index is 872. The number of aromatic amines is 1. The molecule has 4 rings (SSSR count). The second-order valence-electron chi connectivity index (χ2n) is 5.66. The lowest BCUT2D eigenvalue weighted by Gasteiger charge is -2.11. The molecular weight excluding hydrogens is 281 g/mol. The fourth-order valence-corrected chi connectivity index (χ4v) is 2.88. The van der Waals surface area contributed by atoms with Crippen LogP contribution < -0.4 is 10.1 Å². The summed E-state index contributed by atoms with van der Waals surface area (Å²) >= 11 is 0. The second kappa shape index (κ2) is 4.73. The van der Waals surface area contributed by atoms with Crippen LogP contribution in [-0.4, -0.2) is 16.6 Å². The van der Waals surface area contributed by atoms with Crippen LogP contribution in [0.15, 0.2) is 30.3 Å². The smallest absolute Gasteiger partial charge is 0.201 e. The molecule has 1 unspecified atom stereocenters. The summed E-state index contributed by atoms with van der Waals surface area (Å²) in [6.45, 7) is 4.67. The maximum atomic E-state index is 13.7. The van der Waals surface area contributed by atoms with Gasteiger partial charge in [0, 0.05) is 5.56 Å². The molecule has 22 heavy (non-hydrogen) atoms. The van der Waals surface area contributed by atoms with E-state index in [2.05, 4.69) is 41.3 Å². The lowest BCUT2D eigenvalue weighted by atomic mass is 10.0. The molecule has 1 aliphatic rings. The number of halogens is 1. The molecular formula is C17H16FN3O. The molecule has 2 aromatic carbocycles. The SMILES string of the molecule is Cc1ccc2c(c1C)OCC2Nc1nc2c(F)cccc2[nH]1. The zero-order valence-electron chi connectivity index (χ0n) is 12.4. The highest BCUT2D eigenvalue weighted by Crippen LogP contribution is 2.38. The van der Waals surface area contributed by atoms with Gasteiger partial charge in [-0.05, 0) is 37.1 Å². The molecule has 2 heterocycles. The van der Waals surface area contributed by atoms with Crippen LogP contribution in [0.25, 0.3) is 11.0 Å².